The number of ether oxygens (including phenoxy) is 1. The molecule has 1 heterocycles. The lowest BCUT2D eigenvalue weighted by molar-refractivity contribution is -0.164. The van der Waals surface area contributed by atoms with E-state index in [1.807, 2.05) is 54.6 Å². The zero-order chi connectivity index (χ0) is 36.7. The number of rotatable bonds is 15. The SMILES string of the molecule is COC(=O)c1ccc(C(CC=Cc2nc3ccccc3o2)C(C)N(Cc2ccc3ccccc3c2)C(=O)C(C(=O)O)C(CC(=O)O)C(=O)O)cc1. The molecule has 0 aliphatic carbocycles. The first kappa shape index (κ1) is 36.0. The van der Waals surface area contributed by atoms with Crippen LogP contribution in [0.2, 0.25) is 0 Å². The molecule has 0 aliphatic heterocycles. The van der Waals surface area contributed by atoms with Crippen molar-refractivity contribution in [1.29, 1.82) is 0 Å². The fraction of sp³-hybridized carbons (Fsp3) is 0.231. The van der Waals surface area contributed by atoms with E-state index in [-0.39, 0.29) is 13.0 Å². The number of methoxy groups -OCH3 is 1. The first-order valence-electron chi connectivity index (χ1n) is 16.1. The number of allylic oxidation sites excluding steroid dienone is 1. The number of carboxylic acids is 3. The Morgan fingerprint density at radius 2 is 1.55 bits per heavy atom. The number of benzene rings is 4. The second-order valence-electron chi connectivity index (χ2n) is 12.1. The zero-order valence-electron chi connectivity index (χ0n) is 27.8. The number of aromatic nitrogens is 1. The van der Waals surface area contributed by atoms with Crippen molar-refractivity contribution in [2.75, 3.05) is 7.11 Å². The van der Waals surface area contributed by atoms with E-state index in [9.17, 15) is 39.3 Å². The minimum atomic E-state index is -2.20. The third kappa shape index (κ3) is 8.47. The van der Waals surface area contributed by atoms with Gasteiger partial charge in [-0.2, -0.15) is 0 Å². The first-order valence-corrected chi connectivity index (χ1v) is 16.1. The number of amides is 1. The van der Waals surface area contributed by atoms with Gasteiger partial charge in [0.25, 0.3) is 0 Å². The van der Waals surface area contributed by atoms with E-state index in [1.54, 1.807) is 55.5 Å². The highest BCUT2D eigenvalue weighted by Gasteiger charge is 2.44. The maximum absolute atomic E-state index is 14.4. The van der Waals surface area contributed by atoms with E-state index < -0.39 is 60.0 Å². The molecule has 0 saturated carbocycles. The summed E-state index contributed by atoms with van der Waals surface area (Å²) in [5, 5.41) is 31.4. The van der Waals surface area contributed by atoms with E-state index in [1.165, 1.54) is 12.0 Å². The van der Waals surface area contributed by atoms with E-state index in [4.69, 9.17) is 9.15 Å². The summed E-state index contributed by atoms with van der Waals surface area (Å²) >= 11 is 0. The minimum Gasteiger partial charge on any atom is -0.481 e. The van der Waals surface area contributed by atoms with Crippen LogP contribution >= 0.6 is 0 Å². The highest BCUT2D eigenvalue weighted by molar-refractivity contribution is 6.01. The quantitative estimate of drug-likeness (QED) is 0.0832. The number of fused-ring (bicyclic) bond motifs is 2. The molecule has 0 saturated heterocycles. The van der Waals surface area contributed by atoms with Gasteiger partial charge >= 0.3 is 23.9 Å². The molecule has 12 nitrogen and oxygen atoms in total. The zero-order valence-corrected chi connectivity index (χ0v) is 27.8. The smallest absolute Gasteiger partial charge is 0.337 e. The Labute approximate surface area is 292 Å². The minimum absolute atomic E-state index is 0.111. The third-order valence-corrected chi connectivity index (χ3v) is 8.89. The summed E-state index contributed by atoms with van der Waals surface area (Å²) in [5.41, 5.74) is 2.89. The van der Waals surface area contributed by atoms with Gasteiger partial charge in [-0.15, -0.1) is 0 Å². The molecular weight excluding hydrogens is 656 g/mol. The molecule has 0 aliphatic rings. The monoisotopic (exact) mass is 692 g/mol. The van der Waals surface area contributed by atoms with Gasteiger partial charge in [0.1, 0.15) is 11.4 Å². The maximum atomic E-state index is 14.4. The van der Waals surface area contributed by atoms with E-state index in [2.05, 4.69) is 4.98 Å². The van der Waals surface area contributed by atoms with Crippen molar-refractivity contribution in [1.82, 2.24) is 9.88 Å². The van der Waals surface area contributed by atoms with Crippen molar-refractivity contribution < 1.29 is 48.4 Å². The lowest BCUT2D eigenvalue weighted by Gasteiger charge is -2.37. The van der Waals surface area contributed by atoms with Crippen LogP contribution in [0.4, 0.5) is 0 Å². The fourth-order valence-corrected chi connectivity index (χ4v) is 6.21. The van der Waals surface area contributed by atoms with Gasteiger partial charge in [0.05, 0.1) is 25.0 Å². The number of oxazole rings is 1. The molecule has 4 atom stereocenters. The normalized spacial score (nSPS) is 13.8. The topological polar surface area (TPSA) is 185 Å². The molecule has 4 unspecified atom stereocenters. The Morgan fingerprint density at radius 3 is 2.20 bits per heavy atom. The highest BCUT2D eigenvalue weighted by Crippen LogP contribution is 2.33. The summed E-state index contributed by atoms with van der Waals surface area (Å²) in [4.78, 5) is 68.9. The third-order valence-electron chi connectivity index (χ3n) is 8.89. The van der Waals surface area contributed by atoms with Crippen LogP contribution in [0.3, 0.4) is 0 Å². The number of esters is 1. The van der Waals surface area contributed by atoms with Gasteiger partial charge in [0, 0.05) is 18.5 Å². The molecule has 0 bridgehead atoms. The molecule has 1 amide bonds. The lowest BCUT2D eigenvalue weighted by Crippen LogP contribution is -2.49. The predicted octanol–water partition coefficient (Wildman–Crippen LogP) is 6.25. The molecule has 0 fully saturated rings. The Morgan fingerprint density at radius 1 is 0.863 bits per heavy atom. The van der Waals surface area contributed by atoms with Crippen molar-refractivity contribution in [3.63, 3.8) is 0 Å². The van der Waals surface area contributed by atoms with Crippen molar-refractivity contribution in [3.8, 4) is 0 Å². The number of carbonyl (C=O) groups excluding carboxylic acids is 2. The van der Waals surface area contributed by atoms with Crippen LogP contribution in [0.5, 0.6) is 0 Å². The van der Waals surface area contributed by atoms with Crippen LogP contribution in [0.15, 0.2) is 101 Å². The van der Waals surface area contributed by atoms with Gasteiger partial charge in [-0.3, -0.25) is 19.2 Å². The fourth-order valence-electron chi connectivity index (χ4n) is 6.21. The molecule has 5 rings (SSSR count). The standard InChI is InChI=1S/C39H36N2O10/c1-23(29(26-16-18-27(19-17-26)39(49)50-2)10-7-13-33-40-31-11-5-6-12-32(31)51-33)41(22-24-14-15-25-8-3-4-9-28(25)20-24)36(44)35(38(47)48)30(37(45)46)21-34(42)43/h3-9,11-20,23,29-30,35H,10,21-22H2,1-2H3,(H,42,43)(H,45,46)(H,47,48). The average molecular weight is 693 g/mol. The van der Waals surface area contributed by atoms with Crippen molar-refractivity contribution >= 4 is 57.7 Å². The summed E-state index contributed by atoms with van der Waals surface area (Å²) < 4.78 is 10.7. The Balaban J connectivity index is 1.58. The summed E-state index contributed by atoms with van der Waals surface area (Å²) in [5.74, 6) is -11.0. The molecular formula is C39H36N2O10. The molecule has 262 valence electrons. The molecule has 51 heavy (non-hydrogen) atoms. The van der Waals surface area contributed by atoms with Gasteiger partial charge in [-0.05, 0) is 71.7 Å². The van der Waals surface area contributed by atoms with Crippen molar-refractivity contribution in [2.45, 2.75) is 38.3 Å². The maximum Gasteiger partial charge on any atom is 0.337 e. The first-order chi connectivity index (χ1) is 24.5. The summed E-state index contributed by atoms with van der Waals surface area (Å²) in [6.45, 7) is 1.61. The number of carbonyl (C=O) groups is 5. The largest absolute Gasteiger partial charge is 0.481 e. The molecule has 12 heteroatoms. The summed E-state index contributed by atoms with van der Waals surface area (Å²) in [6.07, 6.45) is 2.69. The Kier molecular flexibility index (Phi) is 11.2. The van der Waals surface area contributed by atoms with Crippen molar-refractivity contribution in [3.05, 3.63) is 120 Å². The molecule has 3 N–H and O–H groups in total. The highest BCUT2D eigenvalue weighted by atomic mass is 16.5. The summed E-state index contributed by atoms with van der Waals surface area (Å²) in [6, 6.07) is 26.1. The second-order valence-corrected chi connectivity index (χ2v) is 12.1. The number of carboxylic acid groups (broad SMARTS) is 3. The Bertz CT molecular complexity index is 2070. The van der Waals surface area contributed by atoms with Gasteiger partial charge in [-0.1, -0.05) is 66.7 Å². The van der Waals surface area contributed by atoms with Crippen LogP contribution in [0.25, 0.3) is 27.9 Å². The van der Waals surface area contributed by atoms with Crippen molar-refractivity contribution in [2.24, 2.45) is 11.8 Å². The van der Waals surface area contributed by atoms with Crippen LogP contribution in [0.1, 0.15) is 53.1 Å². The Hall–Kier alpha value is -6.30. The molecule has 0 spiro atoms. The van der Waals surface area contributed by atoms with Crippen LogP contribution in [0, 0.1) is 11.8 Å². The van der Waals surface area contributed by atoms with E-state index in [0.717, 1.165) is 10.8 Å². The van der Waals surface area contributed by atoms with Gasteiger partial charge in [-0.25, -0.2) is 9.78 Å². The van der Waals surface area contributed by atoms with Gasteiger partial charge in [0.2, 0.25) is 11.8 Å². The lowest BCUT2D eigenvalue weighted by atomic mass is 9.84. The second kappa shape index (κ2) is 15.9. The number of para-hydroxylation sites is 2. The molecule has 4 aromatic carbocycles. The molecule has 5 aromatic rings. The molecule has 0 radical (unpaired) electrons. The molecule has 1 aromatic heterocycles. The van der Waals surface area contributed by atoms with Gasteiger partial charge in [0.15, 0.2) is 5.58 Å². The number of aliphatic carboxylic acids is 3. The number of nitrogens with zero attached hydrogens (tertiary/aromatic N) is 2. The predicted molar refractivity (Wildman–Crippen MR) is 187 cm³/mol. The van der Waals surface area contributed by atoms with Crippen LogP contribution < -0.4 is 0 Å². The number of hydrogen-bond acceptors (Lipinski definition) is 8. The van der Waals surface area contributed by atoms with Crippen LogP contribution in [-0.4, -0.2) is 68.1 Å². The van der Waals surface area contributed by atoms with E-state index in [0.29, 0.717) is 33.7 Å². The average Bonchev–Trinajstić information content (AvgIpc) is 3.54. The van der Waals surface area contributed by atoms with Crippen LogP contribution in [-0.2, 0) is 30.5 Å². The number of hydrogen-bond donors (Lipinski definition) is 3. The van der Waals surface area contributed by atoms with E-state index >= 15 is 0 Å². The summed E-state index contributed by atoms with van der Waals surface area (Å²) in [7, 11) is 1.27. The van der Waals surface area contributed by atoms with Gasteiger partial charge < -0.3 is 29.4 Å².